The van der Waals surface area contributed by atoms with Crippen LogP contribution in [0.4, 0.5) is 14.9 Å². The van der Waals surface area contributed by atoms with Crippen molar-refractivity contribution in [1.82, 2.24) is 36.0 Å². The number of carbonyl (C=O) groups excluding carboxylic acids is 4. The molecule has 1 aromatic carbocycles. The molecule has 3 saturated heterocycles. The van der Waals surface area contributed by atoms with Crippen LogP contribution >= 0.6 is 0 Å². The number of urea groups is 1. The van der Waals surface area contributed by atoms with Crippen LogP contribution in [0.25, 0.3) is 10.9 Å². The van der Waals surface area contributed by atoms with Gasteiger partial charge < -0.3 is 25.0 Å². The lowest BCUT2D eigenvalue weighted by Crippen LogP contribution is -2.53. The van der Waals surface area contributed by atoms with Crippen LogP contribution in [0, 0.1) is 5.82 Å². The van der Waals surface area contributed by atoms with Gasteiger partial charge in [0.15, 0.2) is 0 Å². The van der Waals surface area contributed by atoms with Crippen molar-refractivity contribution in [1.29, 1.82) is 0 Å². The number of piperazine rings is 1. The van der Waals surface area contributed by atoms with Crippen molar-refractivity contribution >= 4 is 50.7 Å². The Morgan fingerprint density at radius 2 is 1.76 bits per heavy atom. The van der Waals surface area contributed by atoms with E-state index in [9.17, 15) is 32.4 Å². The summed E-state index contributed by atoms with van der Waals surface area (Å²) >= 11 is 0. The molecule has 0 radical (unpaired) electrons. The Morgan fingerprint density at radius 1 is 1.04 bits per heavy atom. The topological polar surface area (TPSA) is 212 Å². The summed E-state index contributed by atoms with van der Waals surface area (Å²) in [5.74, 6) is -3.05. The number of amides is 5. The molecule has 3 aliphatic heterocycles. The average Bonchev–Trinajstić information content (AvgIpc) is 3.83. The number of hydrogen-bond donors (Lipinski definition) is 5. The van der Waals surface area contributed by atoms with Gasteiger partial charge in [0.2, 0.25) is 11.3 Å². The minimum absolute atomic E-state index is 0.0280. The maximum Gasteiger partial charge on any atom is 0.418 e. The zero-order chi connectivity index (χ0) is 32.0. The molecule has 0 spiro atoms. The molecular weight excluding hydrogens is 619 g/mol. The van der Waals surface area contributed by atoms with Gasteiger partial charge in [-0.3, -0.25) is 34.6 Å². The Labute approximate surface area is 255 Å². The number of rotatable bonds is 8. The molecule has 2 atom stereocenters. The minimum Gasteiger partial charge on any atom is -0.367 e. The normalized spacial score (nSPS) is 21.6. The summed E-state index contributed by atoms with van der Waals surface area (Å²) < 4.78 is 52.3. The number of piperidine rings is 1. The average molecular weight is 651 g/mol. The zero-order valence-corrected chi connectivity index (χ0v) is 24.6. The number of nitrogens with one attached hydrogen (secondary N) is 4. The maximum absolute atomic E-state index is 15.2. The predicted molar refractivity (Wildman–Crippen MR) is 154 cm³/mol. The largest absolute Gasteiger partial charge is 0.418 e. The van der Waals surface area contributed by atoms with Gasteiger partial charge in [0.1, 0.15) is 17.4 Å². The maximum atomic E-state index is 15.2. The Bertz CT molecular complexity index is 1740. The first-order chi connectivity index (χ1) is 21.4. The number of hydrogen-bond acceptors (Lipinski definition) is 10. The van der Waals surface area contributed by atoms with E-state index in [1.165, 1.54) is 6.20 Å². The second kappa shape index (κ2) is 11.9. The van der Waals surface area contributed by atoms with E-state index >= 15 is 4.39 Å². The van der Waals surface area contributed by atoms with Crippen LogP contribution in [-0.4, -0.2) is 103 Å². The first kappa shape index (κ1) is 30.7. The molecule has 2 aromatic rings. The van der Waals surface area contributed by atoms with Crippen LogP contribution in [0.3, 0.4) is 0 Å². The van der Waals surface area contributed by atoms with Gasteiger partial charge in [0, 0.05) is 50.3 Å². The predicted octanol–water partition coefficient (Wildman–Crippen LogP) is -1.23. The molecule has 19 heteroatoms. The van der Waals surface area contributed by atoms with E-state index in [1.807, 2.05) is 4.90 Å². The molecule has 0 unspecified atom stereocenters. The smallest absolute Gasteiger partial charge is 0.367 e. The zero-order valence-electron chi connectivity index (χ0n) is 23.8. The van der Waals surface area contributed by atoms with Gasteiger partial charge in [-0.05, 0) is 37.8 Å². The third-order valence-electron chi connectivity index (χ3n) is 8.28. The Balaban J connectivity index is 1.09. The molecule has 2 bridgehead atoms. The number of hydroxylamine groups is 2. The molecular formula is C26H31FN8O9S. The standard InChI is InChI=1S/C26H31FN8O9S/c27-18-9-16-20(10-21(18)32-7-5-28-6-8-32)33(14-1-2-14)13-17(23(16)37)24(38)31-30-22(36)11-29-25(39)19-4-3-15-12-34(19)26(40)35(15)44-45(41,42)43/h9-10,13-15,19,28H,1-8,11-12H2,(H,29,39)(H,30,36)(H,31,38)(H,41,42,43)/t15-,19+/m1/s1. The molecule has 6 rings (SSSR count). The number of nitrogens with zero attached hydrogens (tertiary/aromatic N) is 4. The van der Waals surface area contributed by atoms with Crippen molar-refractivity contribution in [3.8, 4) is 0 Å². The van der Waals surface area contributed by atoms with Gasteiger partial charge >= 0.3 is 16.4 Å². The highest BCUT2D eigenvalue weighted by atomic mass is 32.3. The number of benzene rings is 1. The van der Waals surface area contributed by atoms with Crippen LogP contribution in [-0.2, 0) is 24.3 Å². The molecule has 17 nitrogen and oxygen atoms in total. The fourth-order valence-corrected chi connectivity index (χ4v) is 6.34. The van der Waals surface area contributed by atoms with Crippen molar-refractivity contribution in [2.45, 2.75) is 43.8 Å². The summed E-state index contributed by atoms with van der Waals surface area (Å²) in [5, 5.41) is 6.10. The van der Waals surface area contributed by atoms with Crippen molar-refractivity contribution < 1.29 is 40.8 Å². The molecule has 45 heavy (non-hydrogen) atoms. The van der Waals surface area contributed by atoms with Crippen LogP contribution in [0.5, 0.6) is 0 Å². The lowest BCUT2D eigenvalue weighted by atomic mass is 10.0. The van der Waals surface area contributed by atoms with Crippen LogP contribution in [0.15, 0.2) is 23.1 Å². The quantitative estimate of drug-likeness (QED) is 0.169. The summed E-state index contributed by atoms with van der Waals surface area (Å²) in [6.07, 6.45) is 3.39. The summed E-state index contributed by atoms with van der Waals surface area (Å²) in [6.45, 7) is 2.00. The third kappa shape index (κ3) is 6.28. The van der Waals surface area contributed by atoms with E-state index in [4.69, 9.17) is 4.55 Å². The lowest BCUT2D eigenvalue weighted by molar-refractivity contribution is -0.129. The second-order valence-electron chi connectivity index (χ2n) is 11.3. The number of hydrazine groups is 1. The molecule has 5 amide bonds. The number of carbonyl (C=O) groups is 4. The summed E-state index contributed by atoms with van der Waals surface area (Å²) in [4.78, 5) is 66.9. The lowest BCUT2D eigenvalue weighted by Gasteiger charge is -2.30. The number of anilines is 1. The van der Waals surface area contributed by atoms with Gasteiger partial charge in [-0.15, -0.1) is 4.28 Å². The molecule has 5 N–H and O–H groups in total. The van der Waals surface area contributed by atoms with Gasteiger partial charge in [-0.2, -0.15) is 13.5 Å². The monoisotopic (exact) mass is 650 g/mol. The Morgan fingerprint density at radius 3 is 2.44 bits per heavy atom. The van der Waals surface area contributed by atoms with E-state index in [0.717, 1.165) is 23.8 Å². The van der Waals surface area contributed by atoms with E-state index in [1.54, 1.807) is 10.6 Å². The third-order valence-corrected chi connectivity index (χ3v) is 8.63. The van der Waals surface area contributed by atoms with E-state index in [0.29, 0.717) is 42.4 Å². The second-order valence-corrected chi connectivity index (χ2v) is 12.3. The summed E-state index contributed by atoms with van der Waals surface area (Å²) in [7, 11) is -4.95. The van der Waals surface area contributed by atoms with Gasteiger partial charge in [-0.1, -0.05) is 0 Å². The highest BCUT2D eigenvalue weighted by Crippen LogP contribution is 2.38. The van der Waals surface area contributed by atoms with E-state index < -0.39 is 64.0 Å². The summed E-state index contributed by atoms with van der Waals surface area (Å²) in [6, 6.07) is 0.174. The molecule has 4 aliphatic rings. The van der Waals surface area contributed by atoms with Gasteiger partial charge in [0.05, 0.1) is 23.8 Å². The number of aromatic nitrogens is 1. The summed E-state index contributed by atoms with van der Waals surface area (Å²) in [5.41, 5.74) is 4.18. The first-order valence-electron chi connectivity index (χ1n) is 14.4. The van der Waals surface area contributed by atoms with Crippen molar-refractivity contribution in [3.05, 3.63) is 39.9 Å². The van der Waals surface area contributed by atoms with Crippen molar-refractivity contribution in [2.75, 3.05) is 44.2 Å². The number of fused-ring (bicyclic) bond motifs is 3. The fourth-order valence-electron chi connectivity index (χ4n) is 5.95. The van der Waals surface area contributed by atoms with Crippen LogP contribution in [0.1, 0.15) is 42.1 Å². The number of pyridine rings is 1. The molecule has 1 aliphatic carbocycles. The Kier molecular flexibility index (Phi) is 8.10. The van der Waals surface area contributed by atoms with Gasteiger partial charge in [-0.25, -0.2) is 9.18 Å². The first-order valence-corrected chi connectivity index (χ1v) is 15.8. The van der Waals surface area contributed by atoms with Gasteiger partial charge in [0.25, 0.3) is 11.8 Å². The fraction of sp³-hybridized carbons (Fsp3) is 0.500. The Hall–Kier alpha value is -4.33. The molecule has 4 fully saturated rings. The van der Waals surface area contributed by atoms with Crippen LogP contribution in [0.2, 0.25) is 0 Å². The minimum atomic E-state index is -4.95. The molecule has 1 aromatic heterocycles. The molecule has 242 valence electrons. The molecule has 4 heterocycles. The highest BCUT2D eigenvalue weighted by molar-refractivity contribution is 7.80. The van der Waals surface area contributed by atoms with Crippen LogP contribution < -0.4 is 31.8 Å². The van der Waals surface area contributed by atoms with E-state index in [2.05, 4.69) is 25.8 Å². The number of halogens is 1. The van der Waals surface area contributed by atoms with Crippen molar-refractivity contribution in [3.63, 3.8) is 0 Å². The highest BCUT2D eigenvalue weighted by Gasteiger charge is 2.49. The van der Waals surface area contributed by atoms with Crippen molar-refractivity contribution in [2.24, 2.45) is 0 Å². The SMILES string of the molecule is O=C(CNC(=O)[C@@H]1CC[C@@H]2CN1C(=O)N2OS(=O)(=O)O)NNC(=O)c1cn(C2CC2)c2cc(N3CCNCC3)c(F)cc2c1=O. The van der Waals surface area contributed by atoms with E-state index in [-0.39, 0.29) is 36.4 Å². The molecule has 1 saturated carbocycles.